The minimum atomic E-state index is -0.130. The van der Waals surface area contributed by atoms with Gasteiger partial charge in [-0.1, -0.05) is 31.5 Å². The Morgan fingerprint density at radius 1 is 1.33 bits per heavy atom. The Morgan fingerprint density at radius 2 is 2.00 bits per heavy atom. The summed E-state index contributed by atoms with van der Waals surface area (Å²) in [6.45, 7) is 2.03. The van der Waals surface area contributed by atoms with Crippen molar-refractivity contribution in [3.8, 4) is 0 Å². The molecule has 0 fully saturated rings. The minimum absolute atomic E-state index is 0.130. The van der Waals surface area contributed by atoms with Crippen molar-refractivity contribution < 1.29 is 4.39 Å². The van der Waals surface area contributed by atoms with E-state index in [4.69, 9.17) is 11.6 Å². The van der Waals surface area contributed by atoms with Gasteiger partial charge in [-0.2, -0.15) is 0 Å². The Bertz CT molecular complexity index is 258. The molecule has 0 N–H and O–H groups in total. The van der Waals surface area contributed by atoms with Crippen LogP contribution < -0.4 is 0 Å². The number of halogens is 2. The maximum absolute atomic E-state index is 13.4. The second-order valence-electron chi connectivity index (χ2n) is 2.77. The Balaban J connectivity index is 2.97. The van der Waals surface area contributed by atoms with Crippen molar-refractivity contribution in [2.75, 3.05) is 0 Å². The highest BCUT2D eigenvalue weighted by atomic mass is 35.5. The van der Waals surface area contributed by atoms with E-state index in [1.807, 2.05) is 19.1 Å². The van der Waals surface area contributed by atoms with Crippen LogP contribution in [0.25, 0.3) is 0 Å². The lowest BCUT2D eigenvalue weighted by Crippen LogP contribution is -1.94. The van der Waals surface area contributed by atoms with Crippen LogP contribution in [0, 0.1) is 5.82 Å². The van der Waals surface area contributed by atoms with Gasteiger partial charge in [-0.05, 0) is 12.0 Å². The summed E-state index contributed by atoms with van der Waals surface area (Å²) < 4.78 is 13.4. The molecule has 0 spiro atoms. The molecule has 1 aromatic rings. The highest BCUT2D eigenvalue weighted by Gasteiger charge is 2.05. The summed E-state index contributed by atoms with van der Waals surface area (Å²) in [6, 6.07) is 5.39. The molecule has 0 aromatic heterocycles. The van der Waals surface area contributed by atoms with Crippen LogP contribution in [0.1, 0.15) is 24.5 Å². The van der Waals surface area contributed by atoms with E-state index in [0.29, 0.717) is 5.56 Å². The molecule has 1 aromatic carbocycles. The van der Waals surface area contributed by atoms with E-state index in [2.05, 4.69) is 0 Å². The average molecular weight is 187 g/mol. The molecule has 0 aliphatic heterocycles. The van der Waals surface area contributed by atoms with Crippen LogP contribution in [0.5, 0.6) is 0 Å². The minimum Gasteiger partial charge on any atom is -0.206 e. The largest absolute Gasteiger partial charge is 0.206 e. The zero-order valence-corrected chi connectivity index (χ0v) is 7.87. The maximum Gasteiger partial charge on any atom is 0.130 e. The molecule has 0 heterocycles. The fraction of sp³-hybridized carbons (Fsp3) is 0.400. The zero-order valence-electron chi connectivity index (χ0n) is 7.11. The first-order valence-electron chi connectivity index (χ1n) is 4.11. The molecular formula is C10H12ClF. The van der Waals surface area contributed by atoms with E-state index >= 15 is 0 Å². The third kappa shape index (κ3) is 1.98. The molecular weight excluding hydrogens is 175 g/mol. The summed E-state index contributed by atoms with van der Waals surface area (Å²) in [5.74, 6) is 0.123. The highest BCUT2D eigenvalue weighted by molar-refractivity contribution is 6.17. The molecule has 2 heteroatoms. The summed E-state index contributed by atoms with van der Waals surface area (Å²) in [6.07, 6.45) is 1.75. The van der Waals surface area contributed by atoms with Crippen LogP contribution >= 0.6 is 11.6 Å². The Kier molecular flexibility index (Phi) is 3.54. The fourth-order valence-electron chi connectivity index (χ4n) is 1.20. The van der Waals surface area contributed by atoms with Crippen LogP contribution in [0.4, 0.5) is 4.39 Å². The van der Waals surface area contributed by atoms with Gasteiger partial charge in [0.05, 0.1) is 5.88 Å². The van der Waals surface area contributed by atoms with Crippen molar-refractivity contribution in [1.82, 2.24) is 0 Å². The molecule has 0 aliphatic carbocycles. The lowest BCUT2D eigenvalue weighted by atomic mass is 10.1. The second-order valence-corrected chi connectivity index (χ2v) is 3.04. The van der Waals surface area contributed by atoms with Gasteiger partial charge in [-0.3, -0.25) is 0 Å². The van der Waals surface area contributed by atoms with Gasteiger partial charge in [-0.15, -0.1) is 11.6 Å². The zero-order chi connectivity index (χ0) is 8.97. The van der Waals surface area contributed by atoms with Crippen molar-refractivity contribution in [1.29, 1.82) is 0 Å². The molecule has 0 radical (unpaired) electrons. The molecule has 0 atom stereocenters. The van der Waals surface area contributed by atoms with Gasteiger partial charge in [-0.25, -0.2) is 4.39 Å². The number of benzene rings is 1. The van der Waals surface area contributed by atoms with Crippen LogP contribution in [-0.4, -0.2) is 0 Å². The van der Waals surface area contributed by atoms with Crippen molar-refractivity contribution in [2.45, 2.75) is 25.6 Å². The SMILES string of the molecule is CCCc1cccc(CCl)c1F. The van der Waals surface area contributed by atoms with Gasteiger partial charge in [0, 0.05) is 5.56 Å². The van der Waals surface area contributed by atoms with Gasteiger partial charge >= 0.3 is 0 Å². The molecule has 12 heavy (non-hydrogen) atoms. The molecule has 0 unspecified atom stereocenters. The van der Waals surface area contributed by atoms with Crippen LogP contribution in [0.3, 0.4) is 0 Å². The summed E-state index contributed by atoms with van der Waals surface area (Å²) in [5.41, 5.74) is 1.37. The van der Waals surface area contributed by atoms with E-state index < -0.39 is 0 Å². The van der Waals surface area contributed by atoms with Gasteiger partial charge in [0.2, 0.25) is 0 Å². The molecule has 0 nitrogen and oxygen atoms in total. The average Bonchev–Trinajstić information content (AvgIpc) is 2.09. The summed E-state index contributed by atoms with van der Waals surface area (Å²) >= 11 is 5.56. The Labute approximate surface area is 77.4 Å². The molecule has 0 aliphatic rings. The molecule has 0 bridgehead atoms. The fourth-order valence-corrected chi connectivity index (χ4v) is 1.41. The van der Waals surface area contributed by atoms with E-state index in [1.165, 1.54) is 0 Å². The molecule has 1 rings (SSSR count). The predicted octanol–water partition coefficient (Wildman–Crippen LogP) is 3.52. The number of alkyl halides is 1. The molecule has 66 valence electrons. The first-order valence-corrected chi connectivity index (χ1v) is 4.65. The molecule has 0 saturated carbocycles. The standard InChI is InChI=1S/C10H12ClF/c1-2-4-8-5-3-6-9(7-11)10(8)12/h3,5-6H,2,4,7H2,1H3. The normalized spacial score (nSPS) is 10.2. The van der Waals surface area contributed by atoms with E-state index in [-0.39, 0.29) is 11.7 Å². The topological polar surface area (TPSA) is 0 Å². The maximum atomic E-state index is 13.4. The van der Waals surface area contributed by atoms with Gasteiger partial charge in [0.1, 0.15) is 5.82 Å². The first kappa shape index (κ1) is 9.53. The predicted molar refractivity (Wildman–Crippen MR) is 50.0 cm³/mol. The number of hydrogen-bond donors (Lipinski definition) is 0. The number of rotatable bonds is 3. The quantitative estimate of drug-likeness (QED) is 0.634. The summed E-state index contributed by atoms with van der Waals surface area (Å²) in [7, 11) is 0. The van der Waals surface area contributed by atoms with E-state index in [9.17, 15) is 4.39 Å². The monoisotopic (exact) mass is 186 g/mol. The van der Waals surface area contributed by atoms with Crippen molar-refractivity contribution in [2.24, 2.45) is 0 Å². The third-order valence-corrected chi connectivity index (χ3v) is 2.11. The van der Waals surface area contributed by atoms with Crippen LogP contribution in [0.2, 0.25) is 0 Å². The second kappa shape index (κ2) is 4.46. The number of hydrogen-bond acceptors (Lipinski definition) is 0. The smallest absolute Gasteiger partial charge is 0.130 e. The molecule has 0 amide bonds. The first-order chi connectivity index (χ1) is 5.79. The Hall–Kier alpha value is -0.560. The summed E-state index contributed by atoms with van der Waals surface area (Å²) in [4.78, 5) is 0. The van der Waals surface area contributed by atoms with E-state index in [0.717, 1.165) is 18.4 Å². The molecule has 0 saturated heterocycles. The van der Waals surface area contributed by atoms with E-state index in [1.54, 1.807) is 6.07 Å². The van der Waals surface area contributed by atoms with Crippen LogP contribution in [0.15, 0.2) is 18.2 Å². The lowest BCUT2D eigenvalue weighted by molar-refractivity contribution is 0.597. The third-order valence-electron chi connectivity index (χ3n) is 1.82. The van der Waals surface area contributed by atoms with Gasteiger partial charge < -0.3 is 0 Å². The number of aryl methyl sites for hydroxylation is 1. The lowest BCUT2D eigenvalue weighted by Gasteiger charge is -2.04. The summed E-state index contributed by atoms with van der Waals surface area (Å²) in [5, 5.41) is 0. The van der Waals surface area contributed by atoms with Crippen LogP contribution in [-0.2, 0) is 12.3 Å². The van der Waals surface area contributed by atoms with Gasteiger partial charge in [0.25, 0.3) is 0 Å². The Morgan fingerprint density at radius 3 is 2.58 bits per heavy atom. The van der Waals surface area contributed by atoms with Crippen molar-refractivity contribution in [3.05, 3.63) is 35.1 Å². The highest BCUT2D eigenvalue weighted by Crippen LogP contribution is 2.15. The van der Waals surface area contributed by atoms with Crippen molar-refractivity contribution in [3.63, 3.8) is 0 Å². The van der Waals surface area contributed by atoms with Gasteiger partial charge in [0.15, 0.2) is 0 Å². The van der Waals surface area contributed by atoms with Crippen molar-refractivity contribution >= 4 is 11.6 Å².